The molecule has 150 valence electrons. The van der Waals surface area contributed by atoms with Crippen LogP contribution in [0.2, 0.25) is 5.02 Å². The second kappa shape index (κ2) is 8.04. The summed E-state index contributed by atoms with van der Waals surface area (Å²) in [6, 6.07) is 14.3. The molecule has 8 heteroatoms. The molecule has 0 fully saturated rings. The Morgan fingerprint density at radius 2 is 1.83 bits per heavy atom. The van der Waals surface area contributed by atoms with E-state index in [1.54, 1.807) is 30.5 Å². The van der Waals surface area contributed by atoms with Crippen LogP contribution in [0.3, 0.4) is 0 Å². The largest absolute Gasteiger partial charge is 0.322 e. The highest BCUT2D eigenvalue weighted by Crippen LogP contribution is 2.20. The Labute approximate surface area is 174 Å². The van der Waals surface area contributed by atoms with Crippen LogP contribution in [-0.4, -0.2) is 15.5 Å². The minimum atomic E-state index is -0.665. The summed E-state index contributed by atoms with van der Waals surface area (Å²) in [5.74, 6) is -1.67. The van der Waals surface area contributed by atoms with Crippen molar-refractivity contribution in [3.63, 3.8) is 0 Å². The third kappa shape index (κ3) is 3.92. The van der Waals surface area contributed by atoms with E-state index in [9.17, 15) is 18.4 Å². The van der Waals surface area contributed by atoms with Gasteiger partial charge in [0, 0.05) is 17.3 Å². The molecule has 2 heterocycles. The Bertz CT molecular complexity index is 1320. The van der Waals surface area contributed by atoms with Gasteiger partial charge in [-0.05, 0) is 54.1 Å². The maximum absolute atomic E-state index is 13.4. The van der Waals surface area contributed by atoms with Crippen LogP contribution in [0.15, 0.2) is 71.7 Å². The summed E-state index contributed by atoms with van der Waals surface area (Å²) in [5, 5.41) is 2.99. The SMILES string of the molecule is O=C(Nc1ccc(F)c(Cl)c1)c1cc2cccnc2n(Cc2ccc(F)cc2)c1=O. The molecule has 4 aromatic rings. The number of aromatic nitrogens is 2. The molecule has 0 aliphatic carbocycles. The van der Waals surface area contributed by atoms with Crippen molar-refractivity contribution in [1.29, 1.82) is 0 Å². The highest BCUT2D eigenvalue weighted by Gasteiger charge is 2.17. The standard InChI is InChI=1S/C22H14ClF2N3O2/c23-18-11-16(7-8-19(18)25)27-21(29)17-10-14-2-1-9-26-20(14)28(22(17)30)12-13-3-5-15(24)6-4-13/h1-11H,12H2,(H,27,29). The zero-order chi connectivity index (χ0) is 21.3. The molecule has 0 spiro atoms. The number of carbonyl (C=O) groups excluding carboxylic acids is 1. The second-order valence-corrected chi connectivity index (χ2v) is 6.98. The van der Waals surface area contributed by atoms with Crippen LogP contribution in [0.25, 0.3) is 11.0 Å². The molecule has 0 saturated carbocycles. The van der Waals surface area contributed by atoms with Gasteiger partial charge in [-0.3, -0.25) is 14.2 Å². The Morgan fingerprint density at radius 1 is 1.07 bits per heavy atom. The number of nitrogens with zero attached hydrogens (tertiary/aromatic N) is 2. The first-order valence-electron chi connectivity index (χ1n) is 8.92. The molecular weight excluding hydrogens is 412 g/mol. The number of nitrogens with one attached hydrogen (secondary N) is 1. The van der Waals surface area contributed by atoms with Crippen molar-refractivity contribution >= 4 is 34.2 Å². The Kier molecular flexibility index (Phi) is 5.29. The van der Waals surface area contributed by atoms with E-state index < -0.39 is 17.3 Å². The van der Waals surface area contributed by atoms with Gasteiger partial charge >= 0.3 is 0 Å². The van der Waals surface area contributed by atoms with Gasteiger partial charge in [0.1, 0.15) is 22.8 Å². The molecular formula is C22H14ClF2N3O2. The molecule has 5 nitrogen and oxygen atoms in total. The van der Waals surface area contributed by atoms with Gasteiger partial charge in [-0.1, -0.05) is 23.7 Å². The molecule has 2 aromatic carbocycles. The Balaban J connectivity index is 1.77. The maximum Gasteiger partial charge on any atom is 0.265 e. The number of hydrogen-bond acceptors (Lipinski definition) is 3. The van der Waals surface area contributed by atoms with E-state index in [1.165, 1.54) is 34.9 Å². The molecule has 2 aromatic heterocycles. The van der Waals surface area contributed by atoms with Gasteiger partial charge in [-0.2, -0.15) is 0 Å². The minimum Gasteiger partial charge on any atom is -0.322 e. The number of benzene rings is 2. The van der Waals surface area contributed by atoms with Crippen LogP contribution in [0.4, 0.5) is 14.5 Å². The molecule has 1 N–H and O–H groups in total. The quantitative estimate of drug-likeness (QED) is 0.518. The van der Waals surface area contributed by atoms with Crippen molar-refractivity contribution in [3.05, 3.63) is 105 Å². The summed E-state index contributed by atoms with van der Waals surface area (Å²) >= 11 is 5.75. The summed E-state index contributed by atoms with van der Waals surface area (Å²) in [6.45, 7) is 0.107. The number of rotatable bonds is 4. The lowest BCUT2D eigenvalue weighted by atomic mass is 10.1. The minimum absolute atomic E-state index is 0.107. The smallest absolute Gasteiger partial charge is 0.265 e. The summed E-state index contributed by atoms with van der Waals surface area (Å²) < 4.78 is 27.9. The molecule has 30 heavy (non-hydrogen) atoms. The van der Waals surface area contributed by atoms with Crippen LogP contribution in [0.5, 0.6) is 0 Å². The third-order valence-electron chi connectivity index (χ3n) is 4.52. The first kappa shape index (κ1) is 19.7. The molecule has 0 unspecified atom stereocenters. The number of carbonyl (C=O) groups is 1. The zero-order valence-corrected chi connectivity index (χ0v) is 16.2. The van der Waals surface area contributed by atoms with Crippen LogP contribution in [-0.2, 0) is 6.54 Å². The molecule has 0 aliphatic heterocycles. The normalized spacial score (nSPS) is 10.9. The van der Waals surface area contributed by atoms with E-state index >= 15 is 0 Å². The van der Waals surface area contributed by atoms with E-state index in [-0.39, 0.29) is 28.6 Å². The third-order valence-corrected chi connectivity index (χ3v) is 4.81. The first-order chi connectivity index (χ1) is 14.4. The molecule has 1 amide bonds. The van der Waals surface area contributed by atoms with E-state index in [0.29, 0.717) is 16.6 Å². The summed E-state index contributed by atoms with van der Waals surface area (Å²) in [5.41, 5.74) is 0.651. The maximum atomic E-state index is 13.4. The number of pyridine rings is 2. The summed E-state index contributed by atoms with van der Waals surface area (Å²) in [4.78, 5) is 30.2. The number of hydrogen-bond donors (Lipinski definition) is 1. The van der Waals surface area contributed by atoms with Gasteiger partial charge in [0.15, 0.2) is 0 Å². The summed E-state index contributed by atoms with van der Waals surface area (Å²) in [7, 11) is 0. The lowest BCUT2D eigenvalue weighted by molar-refractivity contribution is 0.102. The average Bonchev–Trinajstić information content (AvgIpc) is 2.74. The van der Waals surface area contributed by atoms with Gasteiger partial charge in [-0.15, -0.1) is 0 Å². The average molecular weight is 426 g/mol. The van der Waals surface area contributed by atoms with Gasteiger partial charge < -0.3 is 5.32 Å². The van der Waals surface area contributed by atoms with E-state index in [0.717, 1.165) is 6.07 Å². The van der Waals surface area contributed by atoms with Crippen molar-refractivity contribution in [3.8, 4) is 0 Å². The number of anilines is 1. The van der Waals surface area contributed by atoms with Gasteiger partial charge in [0.05, 0.1) is 11.6 Å². The van der Waals surface area contributed by atoms with Crippen LogP contribution in [0, 0.1) is 11.6 Å². The molecule has 0 aliphatic rings. The number of fused-ring (bicyclic) bond motifs is 1. The number of amides is 1. The second-order valence-electron chi connectivity index (χ2n) is 6.58. The fraction of sp³-hybridized carbons (Fsp3) is 0.0455. The molecule has 0 radical (unpaired) electrons. The summed E-state index contributed by atoms with van der Waals surface area (Å²) in [6.07, 6.45) is 1.54. The van der Waals surface area contributed by atoms with Crippen molar-refractivity contribution in [2.75, 3.05) is 5.32 Å². The predicted molar refractivity (Wildman–Crippen MR) is 111 cm³/mol. The van der Waals surface area contributed by atoms with Crippen LogP contribution < -0.4 is 10.9 Å². The fourth-order valence-electron chi connectivity index (χ4n) is 3.06. The van der Waals surface area contributed by atoms with Crippen LogP contribution >= 0.6 is 11.6 Å². The van der Waals surface area contributed by atoms with E-state index in [4.69, 9.17) is 11.6 Å². The first-order valence-corrected chi connectivity index (χ1v) is 9.29. The van der Waals surface area contributed by atoms with Gasteiger partial charge in [0.2, 0.25) is 0 Å². The van der Waals surface area contributed by atoms with E-state index in [1.807, 2.05) is 0 Å². The van der Waals surface area contributed by atoms with Gasteiger partial charge in [-0.25, -0.2) is 13.8 Å². The van der Waals surface area contributed by atoms with Gasteiger partial charge in [0.25, 0.3) is 11.5 Å². The Hall–Kier alpha value is -3.58. The highest BCUT2D eigenvalue weighted by molar-refractivity contribution is 6.31. The molecule has 0 bridgehead atoms. The highest BCUT2D eigenvalue weighted by atomic mass is 35.5. The topological polar surface area (TPSA) is 64.0 Å². The van der Waals surface area contributed by atoms with Crippen molar-refractivity contribution in [2.45, 2.75) is 6.54 Å². The van der Waals surface area contributed by atoms with Crippen molar-refractivity contribution in [1.82, 2.24) is 9.55 Å². The molecule has 4 rings (SSSR count). The lowest BCUT2D eigenvalue weighted by Crippen LogP contribution is -2.30. The molecule has 0 saturated heterocycles. The zero-order valence-electron chi connectivity index (χ0n) is 15.4. The van der Waals surface area contributed by atoms with Crippen molar-refractivity contribution < 1.29 is 13.6 Å². The lowest BCUT2D eigenvalue weighted by Gasteiger charge is -2.13. The molecule has 0 atom stereocenters. The van der Waals surface area contributed by atoms with Crippen LogP contribution in [0.1, 0.15) is 15.9 Å². The van der Waals surface area contributed by atoms with E-state index in [2.05, 4.69) is 10.3 Å². The fourth-order valence-corrected chi connectivity index (χ4v) is 3.24. The van der Waals surface area contributed by atoms with Crippen molar-refractivity contribution in [2.24, 2.45) is 0 Å². The monoisotopic (exact) mass is 425 g/mol. The predicted octanol–water partition coefficient (Wildman–Crippen LogP) is 4.63. The number of halogens is 3. The Morgan fingerprint density at radius 3 is 2.57 bits per heavy atom.